The van der Waals surface area contributed by atoms with Crippen LogP contribution in [-0.2, 0) is 0 Å². The molecule has 0 radical (unpaired) electrons. The molecule has 2 aromatic carbocycles. The van der Waals surface area contributed by atoms with Gasteiger partial charge < -0.3 is 10.5 Å². The summed E-state index contributed by atoms with van der Waals surface area (Å²) in [4.78, 5) is 0. The molecule has 0 bridgehead atoms. The smallest absolute Gasteiger partial charge is 0.126 e. The van der Waals surface area contributed by atoms with E-state index in [1.165, 1.54) is 0 Å². The predicted octanol–water partition coefficient (Wildman–Crippen LogP) is 3.32. The van der Waals surface area contributed by atoms with E-state index in [4.69, 9.17) is 10.5 Å². The third-order valence-corrected chi connectivity index (χ3v) is 2.14. The van der Waals surface area contributed by atoms with Gasteiger partial charge in [-0.15, -0.1) is 0 Å². The van der Waals surface area contributed by atoms with Crippen LogP contribution in [0, 0.1) is 0 Å². The van der Waals surface area contributed by atoms with Crippen LogP contribution >= 0.6 is 0 Å². The molecule has 0 aromatic heterocycles. The Morgan fingerprint density at radius 2 is 1.56 bits per heavy atom. The maximum atomic E-state index is 5.57. The summed E-state index contributed by atoms with van der Waals surface area (Å²) in [6.07, 6.45) is 3.58. The molecule has 2 nitrogen and oxygen atoms in total. The number of hydrogen-bond acceptors (Lipinski definition) is 2. The minimum atomic E-state index is 0.736. The third-order valence-electron chi connectivity index (χ3n) is 2.14. The van der Waals surface area contributed by atoms with Crippen molar-refractivity contribution in [1.82, 2.24) is 0 Å². The van der Waals surface area contributed by atoms with Crippen molar-refractivity contribution >= 4 is 11.8 Å². The van der Waals surface area contributed by atoms with Crippen LogP contribution in [0.4, 0.5) is 5.69 Å². The van der Waals surface area contributed by atoms with Gasteiger partial charge in [0.05, 0.1) is 6.26 Å². The minimum absolute atomic E-state index is 0.736. The molecule has 0 saturated heterocycles. The number of hydrogen-bond donors (Lipinski definition) is 1. The van der Waals surface area contributed by atoms with E-state index in [1.807, 2.05) is 60.7 Å². The number of nitrogens with two attached hydrogens (primary N) is 1. The maximum Gasteiger partial charge on any atom is 0.126 e. The Hall–Kier alpha value is -2.22. The molecule has 0 spiro atoms. The van der Waals surface area contributed by atoms with Gasteiger partial charge in [0, 0.05) is 5.69 Å². The van der Waals surface area contributed by atoms with E-state index < -0.39 is 0 Å². The van der Waals surface area contributed by atoms with Gasteiger partial charge in [-0.1, -0.05) is 30.3 Å². The highest BCUT2D eigenvalue weighted by Crippen LogP contribution is 2.13. The number of anilines is 1. The van der Waals surface area contributed by atoms with Crippen molar-refractivity contribution < 1.29 is 4.74 Å². The van der Waals surface area contributed by atoms with Crippen molar-refractivity contribution in [2.45, 2.75) is 0 Å². The van der Waals surface area contributed by atoms with Gasteiger partial charge in [-0.3, -0.25) is 0 Å². The van der Waals surface area contributed by atoms with E-state index in [1.54, 1.807) is 6.26 Å². The molecule has 0 aliphatic rings. The molecular weight excluding hydrogens is 198 g/mol. The van der Waals surface area contributed by atoms with Crippen molar-refractivity contribution in [3.05, 3.63) is 66.4 Å². The molecule has 0 unspecified atom stereocenters. The predicted molar refractivity (Wildman–Crippen MR) is 67.0 cm³/mol. The lowest BCUT2D eigenvalue weighted by Crippen LogP contribution is -1.85. The van der Waals surface area contributed by atoms with Gasteiger partial charge >= 0.3 is 0 Å². The number of ether oxygens (including phenoxy) is 1. The number of benzene rings is 2. The topological polar surface area (TPSA) is 35.2 Å². The van der Waals surface area contributed by atoms with Crippen LogP contribution in [-0.4, -0.2) is 0 Å². The van der Waals surface area contributed by atoms with Crippen LogP contribution in [0.15, 0.2) is 60.9 Å². The minimum Gasteiger partial charge on any atom is -0.465 e. The van der Waals surface area contributed by atoms with Crippen molar-refractivity contribution in [2.24, 2.45) is 0 Å². The monoisotopic (exact) mass is 211 g/mol. The zero-order chi connectivity index (χ0) is 11.2. The molecule has 0 amide bonds. The average Bonchev–Trinajstić information content (AvgIpc) is 2.33. The normalized spacial score (nSPS) is 10.5. The fourth-order valence-electron chi connectivity index (χ4n) is 1.30. The highest BCUT2D eigenvalue weighted by Gasteiger charge is 1.89. The highest BCUT2D eigenvalue weighted by molar-refractivity contribution is 5.48. The lowest BCUT2D eigenvalue weighted by Gasteiger charge is -1.99. The lowest BCUT2D eigenvalue weighted by molar-refractivity contribution is 0.485. The van der Waals surface area contributed by atoms with Crippen LogP contribution in [0.1, 0.15) is 5.56 Å². The number of rotatable bonds is 3. The SMILES string of the molecule is Nc1ccc(OC=Cc2ccccc2)cc1. The second-order valence-electron chi connectivity index (χ2n) is 3.40. The molecule has 0 aliphatic carbocycles. The van der Waals surface area contributed by atoms with Gasteiger partial charge in [-0.05, 0) is 35.9 Å². The van der Waals surface area contributed by atoms with Crippen molar-refractivity contribution in [3.8, 4) is 5.75 Å². The molecule has 2 rings (SSSR count). The second kappa shape index (κ2) is 5.03. The van der Waals surface area contributed by atoms with E-state index in [9.17, 15) is 0 Å². The van der Waals surface area contributed by atoms with Gasteiger partial charge in [0.1, 0.15) is 5.75 Å². The summed E-state index contributed by atoms with van der Waals surface area (Å²) < 4.78 is 5.43. The molecule has 0 fully saturated rings. The van der Waals surface area contributed by atoms with Gasteiger partial charge in [-0.25, -0.2) is 0 Å². The largest absolute Gasteiger partial charge is 0.465 e. The Kier molecular flexibility index (Phi) is 3.24. The van der Waals surface area contributed by atoms with Crippen LogP contribution in [0.2, 0.25) is 0 Å². The summed E-state index contributed by atoms with van der Waals surface area (Å²) in [6.45, 7) is 0. The van der Waals surface area contributed by atoms with Gasteiger partial charge in [-0.2, -0.15) is 0 Å². The van der Waals surface area contributed by atoms with E-state index in [2.05, 4.69) is 0 Å². The molecule has 80 valence electrons. The summed E-state index contributed by atoms with van der Waals surface area (Å²) in [5, 5.41) is 0. The van der Waals surface area contributed by atoms with Crippen molar-refractivity contribution in [1.29, 1.82) is 0 Å². The summed E-state index contributed by atoms with van der Waals surface area (Å²) >= 11 is 0. The first-order valence-corrected chi connectivity index (χ1v) is 5.08. The van der Waals surface area contributed by atoms with E-state index in [-0.39, 0.29) is 0 Å². The van der Waals surface area contributed by atoms with E-state index >= 15 is 0 Å². The fourth-order valence-corrected chi connectivity index (χ4v) is 1.30. The zero-order valence-corrected chi connectivity index (χ0v) is 8.84. The third kappa shape index (κ3) is 2.89. The maximum absolute atomic E-state index is 5.57. The summed E-state index contributed by atoms with van der Waals surface area (Å²) in [7, 11) is 0. The Morgan fingerprint density at radius 3 is 2.25 bits per heavy atom. The quantitative estimate of drug-likeness (QED) is 0.624. The zero-order valence-electron chi connectivity index (χ0n) is 8.84. The van der Waals surface area contributed by atoms with Crippen LogP contribution < -0.4 is 10.5 Å². The first-order chi connectivity index (χ1) is 7.84. The highest BCUT2D eigenvalue weighted by atomic mass is 16.5. The van der Waals surface area contributed by atoms with Crippen LogP contribution in [0.3, 0.4) is 0 Å². The Balaban J connectivity index is 1.97. The first kappa shape index (κ1) is 10.3. The fraction of sp³-hybridized carbons (Fsp3) is 0. The Bertz CT molecular complexity index is 460. The molecule has 0 heterocycles. The van der Waals surface area contributed by atoms with Gasteiger partial charge in [0.2, 0.25) is 0 Å². The summed E-state index contributed by atoms with van der Waals surface area (Å²) in [6, 6.07) is 17.3. The Labute approximate surface area is 95.0 Å². The van der Waals surface area contributed by atoms with Gasteiger partial charge in [0.25, 0.3) is 0 Å². The summed E-state index contributed by atoms with van der Waals surface area (Å²) in [5.41, 5.74) is 7.42. The standard InChI is InChI=1S/C14H13NO/c15-13-6-8-14(9-7-13)16-11-10-12-4-2-1-3-5-12/h1-11H,15H2. The molecule has 2 N–H and O–H groups in total. The lowest BCUT2D eigenvalue weighted by atomic mass is 10.2. The molecule has 0 aliphatic heterocycles. The van der Waals surface area contributed by atoms with Crippen molar-refractivity contribution in [3.63, 3.8) is 0 Å². The van der Waals surface area contributed by atoms with E-state index in [0.29, 0.717) is 0 Å². The molecule has 2 aromatic rings. The van der Waals surface area contributed by atoms with Crippen LogP contribution in [0.5, 0.6) is 5.75 Å². The Morgan fingerprint density at radius 1 is 0.875 bits per heavy atom. The molecule has 16 heavy (non-hydrogen) atoms. The van der Waals surface area contributed by atoms with E-state index in [0.717, 1.165) is 17.0 Å². The number of nitrogen functional groups attached to an aromatic ring is 1. The molecular formula is C14H13NO. The van der Waals surface area contributed by atoms with Crippen molar-refractivity contribution in [2.75, 3.05) is 5.73 Å². The molecule has 2 heteroatoms. The first-order valence-electron chi connectivity index (χ1n) is 5.08. The summed E-state index contributed by atoms with van der Waals surface area (Å²) in [5.74, 6) is 0.779. The molecule has 0 saturated carbocycles. The average molecular weight is 211 g/mol. The second-order valence-corrected chi connectivity index (χ2v) is 3.40. The van der Waals surface area contributed by atoms with Gasteiger partial charge in [0.15, 0.2) is 0 Å². The molecule has 0 atom stereocenters. The van der Waals surface area contributed by atoms with Crippen LogP contribution in [0.25, 0.3) is 6.08 Å².